The van der Waals surface area contributed by atoms with Crippen LogP contribution < -0.4 is 10.2 Å². The van der Waals surface area contributed by atoms with Crippen LogP contribution in [0.15, 0.2) is 42.5 Å². The van der Waals surface area contributed by atoms with Gasteiger partial charge in [0.2, 0.25) is 0 Å². The van der Waals surface area contributed by atoms with E-state index in [0.717, 1.165) is 17.2 Å². The average Bonchev–Trinajstić information content (AvgIpc) is 2.42. The fourth-order valence-corrected chi connectivity index (χ4v) is 1.90. The van der Waals surface area contributed by atoms with Crippen molar-refractivity contribution >= 4 is 23.1 Å². The fourth-order valence-electron chi connectivity index (χ4n) is 1.73. The first kappa shape index (κ1) is 12.7. The van der Waals surface area contributed by atoms with Gasteiger partial charge in [0.15, 0.2) is 0 Å². The molecular weight excluding hydrogens is 246 g/mol. The summed E-state index contributed by atoms with van der Waals surface area (Å²) in [6, 6.07) is 13.9. The van der Waals surface area contributed by atoms with Crippen molar-refractivity contribution in [1.82, 2.24) is 4.98 Å². The van der Waals surface area contributed by atoms with E-state index in [1.54, 1.807) is 0 Å². The highest BCUT2D eigenvalue weighted by Gasteiger charge is 2.07. The molecule has 94 valence electrons. The molecule has 0 bridgehead atoms. The van der Waals surface area contributed by atoms with Crippen LogP contribution in [0.1, 0.15) is 5.69 Å². The molecule has 4 heteroatoms. The molecule has 0 saturated heterocycles. The lowest BCUT2D eigenvalue weighted by Gasteiger charge is -2.19. The highest BCUT2D eigenvalue weighted by Crippen LogP contribution is 2.20. The minimum atomic E-state index is 0.679. The molecule has 0 unspecified atom stereocenters. The number of anilines is 2. The van der Waals surface area contributed by atoms with Crippen LogP contribution in [0.25, 0.3) is 0 Å². The third kappa shape index (κ3) is 2.93. The molecule has 1 aromatic carbocycles. The third-order valence-corrected chi connectivity index (χ3v) is 3.10. The lowest BCUT2D eigenvalue weighted by atomic mass is 10.2. The van der Waals surface area contributed by atoms with Crippen molar-refractivity contribution < 1.29 is 0 Å². The zero-order chi connectivity index (χ0) is 13.0. The Kier molecular flexibility index (Phi) is 4.05. The summed E-state index contributed by atoms with van der Waals surface area (Å²) in [5, 5.41) is 3.71. The SMILES string of the molecule is CNc1ccc(Cl)c(CN(C)c2ccccc2)n1. The molecule has 0 aliphatic heterocycles. The standard InChI is InChI=1S/C14H16ClN3/c1-16-14-9-8-12(15)13(17-14)10-18(2)11-6-4-3-5-7-11/h3-9H,10H2,1-2H3,(H,16,17). The summed E-state index contributed by atoms with van der Waals surface area (Å²) in [6.07, 6.45) is 0. The molecule has 1 aromatic heterocycles. The largest absolute Gasteiger partial charge is 0.373 e. The van der Waals surface area contributed by atoms with E-state index in [1.807, 2.05) is 44.4 Å². The maximum Gasteiger partial charge on any atom is 0.126 e. The topological polar surface area (TPSA) is 28.2 Å². The smallest absolute Gasteiger partial charge is 0.126 e. The van der Waals surface area contributed by atoms with Gasteiger partial charge < -0.3 is 10.2 Å². The minimum Gasteiger partial charge on any atom is -0.373 e. The number of hydrogen-bond acceptors (Lipinski definition) is 3. The maximum absolute atomic E-state index is 6.17. The second kappa shape index (κ2) is 5.74. The zero-order valence-electron chi connectivity index (χ0n) is 10.5. The molecule has 0 aliphatic rings. The quantitative estimate of drug-likeness (QED) is 0.914. The van der Waals surface area contributed by atoms with Crippen LogP contribution in [0, 0.1) is 0 Å². The van der Waals surface area contributed by atoms with Gasteiger partial charge in [-0.3, -0.25) is 0 Å². The van der Waals surface area contributed by atoms with Gasteiger partial charge in [0.1, 0.15) is 5.82 Å². The van der Waals surface area contributed by atoms with Gasteiger partial charge in [-0.2, -0.15) is 0 Å². The molecule has 0 amide bonds. The van der Waals surface area contributed by atoms with E-state index in [2.05, 4.69) is 27.3 Å². The summed E-state index contributed by atoms with van der Waals surface area (Å²) in [5.74, 6) is 0.830. The normalized spacial score (nSPS) is 10.2. The Labute approximate surface area is 112 Å². The van der Waals surface area contributed by atoms with E-state index in [0.29, 0.717) is 11.6 Å². The first-order valence-electron chi connectivity index (χ1n) is 5.80. The predicted octanol–water partition coefficient (Wildman–Crippen LogP) is 3.41. The van der Waals surface area contributed by atoms with Gasteiger partial charge in [-0.05, 0) is 24.3 Å². The number of aromatic nitrogens is 1. The van der Waals surface area contributed by atoms with Crippen molar-refractivity contribution in [3.05, 3.63) is 53.2 Å². The third-order valence-electron chi connectivity index (χ3n) is 2.76. The Morgan fingerprint density at radius 2 is 1.89 bits per heavy atom. The van der Waals surface area contributed by atoms with Crippen molar-refractivity contribution in [3.8, 4) is 0 Å². The molecule has 0 fully saturated rings. The van der Waals surface area contributed by atoms with Crippen LogP contribution in [0.3, 0.4) is 0 Å². The number of rotatable bonds is 4. The lowest BCUT2D eigenvalue weighted by molar-refractivity contribution is 0.886. The number of para-hydroxylation sites is 1. The summed E-state index contributed by atoms with van der Waals surface area (Å²) in [5.41, 5.74) is 2.01. The molecule has 1 heterocycles. The molecule has 0 radical (unpaired) electrons. The Balaban J connectivity index is 2.18. The molecule has 0 saturated carbocycles. The lowest BCUT2D eigenvalue weighted by Crippen LogP contribution is -2.17. The molecule has 2 aromatic rings. The minimum absolute atomic E-state index is 0.679. The van der Waals surface area contributed by atoms with Gasteiger partial charge >= 0.3 is 0 Å². The Hall–Kier alpha value is -1.74. The number of hydrogen-bond donors (Lipinski definition) is 1. The van der Waals surface area contributed by atoms with Crippen molar-refractivity contribution in [2.45, 2.75) is 6.54 Å². The van der Waals surface area contributed by atoms with Crippen molar-refractivity contribution in [2.24, 2.45) is 0 Å². The first-order valence-corrected chi connectivity index (χ1v) is 6.18. The highest BCUT2D eigenvalue weighted by molar-refractivity contribution is 6.31. The van der Waals surface area contributed by atoms with E-state index in [9.17, 15) is 0 Å². The summed E-state index contributed by atoms with van der Waals surface area (Å²) in [6.45, 7) is 0.679. The van der Waals surface area contributed by atoms with Crippen molar-refractivity contribution in [1.29, 1.82) is 0 Å². The molecule has 3 nitrogen and oxygen atoms in total. The molecule has 0 spiro atoms. The highest BCUT2D eigenvalue weighted by atomic mass is 35.5. The van der Waals surface area contributed by atoms with E-state index in [1.165, 1.54) is 0 Å². The van der Waals surface area contributed by atoms with E-state index < -0.39 is 0 Å². The van der Waals surface area contributed by atoms with Gasteiger partial charge in [-0.25, -0.2) is 4.98 Å². The number of nitrogens with zero attached hydrogens (tertiary/aromatic N) is 2. The van der Waals surface area contributed by atoms with E-state index in [-0.39, 0.29) is 0 Å². The van der Waals surface area contributed by atoms with E-state index in [4.69, 9.17) is 11.6 Å². The molecular formula is C14H16ClN3. The number of pyridine rings is 1. The summed E-state index contributed by atoms with van der Waals surface area (Å²) < 4.78 is 0. The van der Waals surface area contributed by atoms with Crippen LogP contribution in [0.5, 0.6) is 0 Å². The average molecular weight is 262 g/mol. The maximum atomic E-state index is 6.17. The number of halogens is 1. The van der Waals surface area contributed by atoms with Crippen molar-refractivity contribution in [3.63, 3.8) is 0 Å². The predicted molar refractivity (Wildman–Crippen MR) is 77.3 cm³/mol. The van der Waals surface area contributed by atoms with Crippen LogP contribution in [-0.2, 0) is 6.54 Å². The van der Waals surface area contributed by atoms with Crippen LogP contribution in [-0.4, -0.2) is 19.1 Å². The fraction of sp³-hybridized carbons (Fsp3) is 0.214. The van der Waals surface area contributed by atoms with Gasteiger partial charge in [-0.15, -0.1) is 0 Å². The van der Waals surface area contributed by atoms with E-state index >= 15 is 0 Å². The zero-order valence-corrected chi connectivity index (χ0v) is 11.3. The summed E-state index contributed by atoms with van der Waals surface area (Å²) in [7, 11) is 3.88. The Morgan fingerprint density at radius 1 is 1.17 bits per heavy atom. The van der Waals surface area contributed by atoms with Crippen molar-refractivity contribution in [2.75, 3.05) is 24.3 Å². The second-order valence-electron chi connectivity index (χ2n) is 4.07. The molecule has 18 heavy (non-hydrogen) atoms. The molecule has 0 atom stereocenters. The Morgan fingerprint density at radius 3 is 2.56 bits per heavy atom. The second-order valence-corrected chi connectivity index (χ2v) is 4.47. The van der Waals surface area contributed by atoms with Crippen LogP contribution >= 0.6 is 11.6 Å². The summed E-state index contributed by atoms with van der Waals surface area (Å²) in [4.78, 5) is 6.59. The molecule has 0 aliphatic carbocycles. The van der Waals surface area contributed by atoms with Gasteiger partial charge in [0.05, 0.1) is 17.3 Å². The summed E-state index contributed by atoms with van der Waals surface area (Å²) >= 11 is 6.17. The molecule has 1 N–H and O–H groups in total. The monoisotopic (exact) mass is 261 g/mol. The number of nitrogens with one attached hydrogen (secondary N) is 1. The van der Waals surface area contributed by atoms with Crippen LogP contribution in [0.2, 0.25) is 5.02 Å². The van der Waals surface area contributed by atoms with Crippen LogP contribution in [0.4, 0.5) is 11.5 Å². The number of benzene rings is 1. The first-order chi connectivity index (χ1) is 8.70. The van der Waals surface area contributed by atoms with Gasteiger partial charge in [0.25, 0.3) is 0 Å². The molecule has 2 rings (SSSR count). The van der Waals surface area contributed by atoms with Gasteiger partial charge in [0, 0.05) is 19.8 Å². The Bertz CT molecular complexity index is 514. The van der Waals surface area contributed by atoms with Gasteiger partial charge in [-0.1, -0.05) is 29.8 Å².